The first-order valence-corrected chi connectivity index (χ1v) is 7.39. The second-order valence-corrected chi connectivity index (χ2v) is 5.82. The Kier molecular flexibility index (Phi) is 2.79. The lowest BCUT2D eigenvalue weighted by Gasteiger charge is -2.27. The van der Waals surface area contributed by atoms with Gasteiger partial charge < -0.3 is 14.5 Å². The minimum atomic E-state index is 0.0146. The smallest absolute Gasteiger partial charge is 0.270 e. The van der Waals surface area contributed by atoms with Crippen molar-refractivity contribution in [3.8, 4) is 0 Å². The molecule has 1 aliphatic heterocycles. The summed E-state index contributed by atoms with van der Waals surface area (Å²) in [5, 5.41) is 9.29. The zero-order valence-electron chi connectivity index (χ0n) is 12.6. The van der Waals surface area contributed by atoms with Gasteiger partial charge in [0.05, 0.1) is 6.54 Å². The number of hydrogen-bond donors (Lipinski definition) is 1. The van der Waals surface area contributed by atoms with E-state index in [1.807, 2.05) is 36.9 Å². The monoisotopic (exact) mass is 295 g/mol. The topological polar surface area (TPSA) is 66.8 Å². The molecule has 0 radical (unpaired) electrons. The van der Waals surface area contributed by atoms with Gasteiger partial charge in [-0.3, -0.25) is 4.79 Å². The van der Waals surface area contributed by atoms with Crippen LogP contribution >= 0.6 is 0 Å². The summed E-state index contributed by atoms with van der Waals surface area (Å²) in [6, 6.07) is 8.06. The molecule has 0 saturated heterocycles. The Morgan fingerprint density at radius 2 is 2.05 bits per heavy atom. The molecule has 0 spiro atoms. The molecular formula is C16H17N5O. The SMILES string of the molecule is Cc1ccc2[nH]c(C(=O)N3CCn4c(C)nnc4C3)cc2c1. The first-order valence-electron chi connectivity index (χ1n) is 7.39. The molecule has 1 aliphatic rings. The molecule has 6 nitrogen and oxygen atoms in total. The average molecular weight is 295 g/mol. The predicted octanol–water partition coefficient (Wildman–Crippen LogP) is 2.03. The number of rotatable bonds is 1. The van der Waals surface area contributed by atoms with Gasteiger partial charge in [0.25, 0.3) is 5.91 Å². The normalized spacial score (nSPS) is 14.4. The third-order valence-corrected chi connectivity index (χ3v) is 4.23. The van der Waals surface area contributed by atoms with Crippen molar-refractivity contribution in [2.75, 3.05) is 6.54 Å². The minimum absolute atomic E-state index is 0.0146. The first kappa shape index (κ1) is 13.1. The molecule has 0 aliphatic carbocycles. The van der Waals surface area contributed by atoms with Crippen LogP contribution in [-0.4, -0.2) is 37.1 Å². The number of aromatic nitrogens is 4. The fraction of sp³-hybridized carbons (Fsp3) is 0.312. The molecule has 0 unspecified atom stereocenters. The Hall–Kier alpha value is -2.63. The maximum atomic E-state index is 12.7. The highest BCUT2D eigenvalue weighted by molar-refractivity contribution is 5.98. The van der Waals surface area contributed by atoms with Gasteiger partial charge in [-0.2, -0.15) is 0 Å². The van der Waals surface area contributed by atoms with Crippen molar-refractivity contribution in [3.63, 3.8) is 0 Å². The van der Waals surface area contributed by atoms with E-state index >= 15 is 0 Å². The van der Waals surface area contributed by atoms with Gasteiger partial charge in [0.2, 0.25) is 0 Å². The first-order chi connectivity index (χ1) is 10.6. The van der Waals surface area contributed by atoms with Crippen molar-refractivity contribution in [1.29, 1.82) is 0 Å². The van der Waals surface area contributed by atoms with Gasteiger partial charge in [-0.25, -0.2) is 0 Å². The number of hydrogen-bond acceptors (Lipinski definition) is 3. The standard InChI is InChI=1S/C16H17N5O/c1-10-3-4-13-12(7-10)8-14(17-13)16(22)20-5-6-21-11(2)18-19-15(21)9-20/h3-4,7-8,17H,5-6,9H2,1-2H3. The fourth-order valence-corrected chi connectivity index (χ4v) is 3.01. The number of aryl methyl sites for hydroxylation is 2. The molecule has 0 saturated carbocycles. The third-order valence-electron chi connectivity index (χ3n) is 4.23. The maximum absolute atomic E-state index is 12.7. The van der Waals surface area contributed by atoms with Gasteiger partial charge in [-0.05, 0) is 32.0 Å². The van der Waals surface area contributed by atoms with Crippen LogP contribution in [0.15, 0.2) is 24.3 Å². The number of nitrogens with zero attached hydrogens (tertiary/aromatic N) is 4. The van der Waals surface area contributed by atoms with Gasteiger partial charge in [0.15, 0.2) is 5.82 Å². The molecule has 112 valence electrons. The molecule has 1 amide bonds. The molecule has 3 aromatic rings. The van der Waals surface area contributed by atoms with Gasteiger partial charge >= 0.3 is 0 Å². The van der Waals surface area contributed by atoms with Crippen molar-refractivity contribution >= 4 is 16.8 Å². The van der Waals surface area contributed by atoms with Crippen LogP contribution in [0.4, 0.5) is 0 Å². The van der Waals surface area contributed by atoms with Crippen molar-refractivity contribution < 1.29 is 4.79 Å². The van der Waals surface area contributed by atoms with Gasteiger partial charge in [-0.15, -0.1) is 10.2 Å². The van der Waals surface area contributed by atoms with Crippen molar-refractivity contribution in [3.05, 3.63) is 47.2 Å². The van der Waals surface area contributed by atoms with E-state index in [4.69, 9.17) is 0 Å². The number of carbonyl (C=O) groups excluding carboxylic acids is 1. The summed E-state index contributed by atoms with van der Waals surface area (Å²) in [4.78, 5) is 17.7. The molecule has 22 heavy (non-hydrogen) atoms. The van der Waals surface area contributed by atoms with E-state index in [1.54, 1.807) is 0 Å². The van der Waals surface area contributed by atoms with E-state index in [9.17, 15) is 4.79 Å². The molecule has 1 aromatic carbocycles. The number of H-pyrrole nitrogens is 1. The molecule has 2 aromatic heterocycles. The summed E-state index contributed by atoms with van der Waals surface area (Å²) in [5.41, 5.74) is 2.81. The van der Waals surface area contributed by atoms with Gasteiger partial charge in [0, 0.05) is 24.0 Å². The maximum Gasteiger partial charge on any atom is 0.270 e. The number of carbonyl (C=O) groups is 1. The summed E-state index contributed by atoms with van der Waals surface area (Å²) in [5.74, 6) is 1.77. The van der Waals surface area contributed by atoms with Gasteiger partial charge in [0.1, 0.15) is 11.5 Å². The fourth-order valence-electron chi connectivity index (χ4n) is 3.01. The van der Waals surface area contributed by atoms with Crippen molar-refractivity contribution in [1.82, 2.24) is 24.6 Å². The van der Waals surface area contributed by atoms with E-state index in [2.05, 4.69) is 25.8 Å². The molecular weight excluding hydrogens is 278 g/mol. The summed E-state index contributed by atoms with van der Waals surface area (Å²) in [7, 11) is 0. The molecule has 4 rings (SSSR count). The second kappa shape index (κ2) is 4.69. The number of fused-ring (bicyclic) bond motifs is 2. The molecule has 0 bridgehead atoms. The third kappa shape index (κ3) is 1.99. The van der Waals surface area contributed by atoms with E-state index in [1.165, 1.54) is 5.56 Å². The molecule has 6 heteroatoms. The predicted molar refractivity (Wildman–Crippen MR) is 82.5 cm³/mol. The van der Waals surface area contributed by atoms with Crippen LogP contribution in [0, 0.1) is 13.8 Å². The van der Waals surface area contributed by atoms with E-state index in [0.29, 0.717) is 18.8 Å². The summed E-state index contributed by atoms with van der Waals surface area (Å²) in [6.45, 7) is 5.92. The molecule has 3 heterocycles. The highest BCUT2D eigenvalue weighted by atomic mass is 16.2. The highest BCUT2D eigenvalue weighted by Crippen LogP contribution is 2.20. The zero-order chi connectivity index (χ0) is 15.3. The lowest BCUT2D eigenvalue weighted by molar-refractivity contribution is 0.0701. The Morgan fingerprint density at radius 3 is 2.91 bits per heavy atom. The van der Waals surface area contributed by atoms with E-state index in [0.717, 1.165) is 29.1 Å². The average Bonchev–Trinajstić information content (AvgIpc) is 3.09. The van der Waals surface area contributed by atoms with Crippen LogP contribution in [0.2, 0.25) is 0 Å². The largest absolute Gasteiger partial charge is 0.351 e. The van der Waals surface area contributed by atoms with E-state index < -0.39 is 0 Å². The number of amides is 1. The lowest BCUT2D eigenvalue weighted by Crippen LogP contribution is -2.38. The summed E-state index contributed by atoms with van der Waals surface area (Å²) < 4.78 is 2.07. The van der Waals surface area contributed by atoms with E-state index in [-0.39, 0.29) is 5.91 Å². The van der Waals surface area contributed by atoms with Crippen LogP contribution in [0.1, 0.15) is 27.7 Å². The lowest BCUT2D eigenvalue weighted by atomic mass is 10.2. The highest BCUT2D eigenvalue weighted by Gasteiger charge is 2.25. The van der Waals surface area contributed by atoms with Crippen molar-refractivity contribution in [2.24, 2.45) is 0 Å². The number of benzene rings is 1. The van der Waals surface area contributed by atoms with Crippen LogP contribution in [-0.2, 0) is 13.1 Å². The van der Waals surface area contributed by atoms with Crippen LogP contribution in [0.25, 0.3) is 10.9 Å². The minimum Gasteiger partial charge on any atom is -0.351 e. The Bertz CT molecular complexity index is 876. The second-order valence-electron chi connectivity index (χ2n) is 5.82. The number of nitrogens with one attached hydrogen (secondary N) is 1. The molecule has 0 fully saturated rings. The Labute approximate surface area is 127 Å². The van der Waals surface area contributed by atoms with Crippen molar-refractivity contribution in [2.45, 2.75) is 26.9 Å². The summed E-state index contributed by atoms with van der Waals surface area (Å²) >= 11 is 0. The molecule has 1 N–H and O–H groups in total. The van der Waals surface area contributed by atoms with Crippen LogP contribution in [0.5, 0.6) is 0 Å². The quantitative estimate of drug-likeness (QED) is 0.747. The summed E-state index contributed by atoms with van der Waals surface area (Å²) in [6.07, 6.45) is 0. The Balaban J connectivity index is 1.63. The Morgan fingerprint density at radius 1 is 1.18 bits per heavy atom. The zero-order valence-corrected chi connectivity index (χ0v) is 12.6. The van der Waals surface area contributed by atoms with Crippen LogP contribution < -0.4 is 0 Å². The van der Waals surface area contributed by atoms with Gasteiger partial charge in [-0.1, -0.05) is 11.6 Å². The van der Waals surface area contributed by atoms with Crippen LogP contribution in [0.3, 0.4) is 0 Å². The number of aromatic amines is 1. The molecule has 0 atom stereocenters.